The largest absolute Gasteiger partial charge is 0.370 e. The van der Waals surface area contributed by atoms with Crippen LogP contribution in [0.15, 0.2) is 35.3 Å². The number of benzene rings is 1. The summed E-state index contributed by atoms with van der Waals surface area (Å²) in [7, 11) is 0. The van der Waals surface area contributed by atoms with E-state index in [2.05, 4.69) is 15.6 Å². The first-order valence-electron chi connectivity index (χ1n) is 8.72. The Bertz CT molecular complexity index is 582. The quantitative estimate of drug-likeness (QED) is 0.495. The van der Waals surface area contributed by atoms with Crippen LogP contribution in [0.4, 0.5) is 0 Å². The third-order valence-corrected chi connectivity index (χ3v) is 3.42. The van der Waals surface area contributed by atoms with Crippen LogP contribution in [-0.2, 0) is 16.0 Å². The number of guanidine groups is 1. The van der Waals surface area contributed by atoms with Gasteiger partial charge in [-0.25, -0.2) is 4.99 Å². The van der Waals surface area contributed by atoms with E-state index in [9.17, 15) is 9.59 Å². The molecular weight excluding hydrogens is 316 g/mol. The van der Waals surface area contributed by atoms with Gasteiger partial charge in [0.1, 0.15) is 6.04 Å². The summed E-state index contributed by atoms with van der Waals surface area (Å²) in [5.74, 6) is 0.151. The zero-order chi connectivity index (χ0) is 18.8. The Morgan fingerprint density at radius 1 is 1.08 bits per heavy atom. The maximum absolute atomic E-state index is 12.5. The van der Waals surface area contributed by atoms with Crippen LogP contribution < -0.4 is 16.4 Å². The zero-order valence-electron chi connectivity index (χ0n) is 15.6. The number of hydrogen-bond donors (Lipinski definition) is 3. The van der Waals surface area contributed by atoms with Crippen molar-refractivity contribution in [3.8, 4) is 0 Å². The van der Waals surface area contributed by atoms with Gasteiger partial charge in [-0.2, -0.15) is 0 Å². The standard InChI is InChI=1S/C19H30N4O2/c1-13(2)10-17(24)23-19(20)22-16(18(25)21-12-14(3)4)11-15-8-6-5-7-9-15/h5-9,13-14,16H,10-12H2,1-4H3,(H,21,25)(H3,20,22,23,24). The molecule has 6 heteroatoms. The second-order valence-electron chi connectivity index (χ2n) is 7.01. The van der Waals surface area contributed by atoms with Crippen LogP contribution >= 0.6 is 0 Å². The first-order chi connectivity index (χ1) is 11.8. The van der Waals surface area contributed by atoms with Gasteiger partial charge in [0.15, 0.2) is 5.96 Å². The van der Waals surface area contributed by atoms with Crippen molar-refractivity contribution < 1.29 is 9.59 Å². The average molecular weight is 346 g/mol. The number of nitrogens with one attached hydrogen (secondary N) is 2. The van der Waals surface area contributed by atoms with Crippen molar-refractivity contribution >= 4 is 17.8 Å². The molecule has 1 unspecified atom stereocenters. The van der Waals surface area contributed by atoms with Crippen molar-refractivity contribution in [1.29, 1.82) is 0 Å². The first kappa shape index (κ1) is 20.7. The van der Waals surface area contributed by atoms with Crippen LogP contribution in [0.1, 0.15) is 39.7 Å². The van der Waals surface area contributed by atoms with E-state index in [0.717, 1.165) is 5.56 Å². The highest BCUT2D eigenvalue weighted by atomic mass is 16.2. The maximum atomic E-state index is 12.5. The smallest absolute Gasteiger partial charge is 0.245 e. The lowest BCUT2D eigenvalue weighted by Crippen LogP contribution is -2.42. The third-order valence-electron chi connectivity index (χ3n) is 3.42. The molecule has 0 saturated carbocycles. The van der Waals surface area contributed by atoms with Crippen molar-refractivity contribution in [3.05, 3.63) is 35.9 Å². The topological polar surface area (TPSA) is 96.6 Å². The lowest BCUT2D eigenvalue weighted by Gasteiger charge is -2.16. The monoisotopic (exact) mass is 346 g/mol. The number of amides is 2. The maximum Gasteiger partial charge on any atom is 0.245 e. The fourth-order valence-electron chi connectivity index (χ4n) is 2.22. The van der Waals surface area contributed by atoms with Crippen LogP contribution in [-0.4, -0.2) is 30.4 Å². The molecule has 0 aliphatic rings. The van der Waals surface area contributed by atoms with Gasteiger partial charge < -0.3 is 11.1 Å². The summed E-state index contributed by atoms with van der Waals surface area (Å²) in [5, 5.41) is 5.44. The Morgan fingerprint density at radius 3 is 2.28 bits per heavy atom. The van der Waals surface area contributed by atoms with E-state index in [-0.39, 0.29) is 23.7 Å². The van der Waals surface area contributed by atoms with Crippen molar-refractivity contribution in [1.82, 2.24) is 10.6 Å². The van der Waals surface area contributed by atoms with E-state index in [1.807, 2.05) is 58.0 Å². The van der Waals surface area contributed by atoms with E-state index < -0.39 is 6.04 Å². The summed E-state index contributed by atoms with van der Waals surface area (Å²) in [6.07, 6.45) is 0.782. The molecule has 1 rings (SSSR count). The molecule has 25 heavy (non-hydrogen) atoms. The van der Waals surface area contributed by atoms with E-state index >= 15 is 0 Å². The lowest BCUT2D eigenvalue weighted by atomic mass is 10.1. The van der Waals surface area contributed by atoms with E-state index in [0.29, 0.717) is 25.3 Å². The normalized spacial score (nSPS) is 13.0. The van der Waals surface area contributed by atoms with E-state index in [1.165, 1.54) is 0 Å². The molecule has 1 atom stereocenters. The highest BCUT2D eigenvalue weighted by Gasteiger charge is 2.19. The molecule has 0 heterocycles. The van der Waals surface area contributed by atoms with E-state index in [1.54, 1.807) is 0 Å². The second kappa shape index (κ2) is 10.5. The van der Waals surface area contributed by atoms with Crippen LogP contribution in [0.2, 0.25) is 0 Å². The number of nitrogens with zero attached hydrogens (tertiary/aromatic N) is 1. The molecule has 0 aliphatic heterocycles. The van der Waals surface area contributed by atoms with Gasteiger partial charge in [-0.15, -0.1) is 0 Å². The molecule has 0 spiro atoms. The summed E-state index contributed by atoms with van der Waals surface area (Å²) in [4.78, 5) is 28.5. The van der Waals surface area contributed by atoms with Crippen LogP contribution in [0.5, 0.6) is 0 Å². The number of aliphatic imine (C=N–C) groups is 1. The predicted octanol–water partition coefficient (Wildman–Crippen LogP) is 1.85. The number of rotatable bonds is 8. The van der Waals surface area contributed by atoms with Crippen molar-refractivity contribution in [2.75, 3.05) is 6.54 Å². The Hall–Kier alpha value is -2.37. The second-order valence-corrected chi connectivity index (χ2v) is 7.01. The molecule has 4 N–H and O–H groups in total. The number of nitrogens with two attached hydrogens (primary N) is 1. The van der Waals surface area contributed by atoms with E-state index in [4.69, 9.17) is 5.73 Å². The fourth-order valence-corrected chi connectivity index (χ4v) is 2.22. The van der Waals surface area contributed by atoms with Crippen molar-refractivity contribution in [2.24, 2.45) is 22.6 Å². The molecule has 0 aromatic heterocycles. The molecule has 0 radical (unpaired) electrons. The Kier molecular flexibility index (Phi) is 8.67. The van der Waals surface area contributed by atoms with Crippen molar-refractivity contribution in [2.45, 2.75) is 46.6 Å². The van der Waals surface area contributed by atoms with Gasteiger partial charge in [0.25, 0.3) is 0 Å². The molecule has 0 saturated heterocycles. The average Bonchev–Trinajstić information content (AvgIpc) is 2.51. The number of carbonyl (C=O) groups is 2. The fraction of sp³-hybridized carbons (Fsp3) is 0.526. The molecule has 0 fully saturated rings. The minimum atomic E-state index is -0.680. The van der Waals surface area contributed by atoms with Gasteiger partial charge >= 0.3 is 0 Å². The summed E-state index contributed by atoms with van der Waals surface area (Å²) >= 11 is 0. The molecule has 6 nitrogen and oxygen atoms in total. The minimum Gasteiger partial charge on any atom is -0.370 e. The van der Waals surface area contributed by atoms with Crippen LogP contribution in [0.25, 0.3) is 0 Å². The molecule has 1 aromatic rings. The summed E-state index contributed by atoms with van der Waals surface area (Å²) < 4.78 is 0. The van der Waals surface area contributed by atoms with Gasteiger partial charge in [-0.3, -0.25) is 14.9 Å². The molecule has 0 bridgehead atoms. The van der Waals surface area contributed by atoms with Crippen molar-refractivity contribution in [3.63, 3.8) is 0 Å². The summed E-state index contributed by atoms with van der Waals surface area (Å²) in [5.41, 5.74) is 6.82. The lowest BCUT2D eigenvalue weighted by molar-refractivity contribution is -0.123. The summed E-state index contributed by atoms with van der Waals surface area (Å²) in [6, 6.07) is 8.94. The SMILES string of the molecule is CC(C)CNC(=O)C(Cc1ccccc1)N=C(N)NC(=O)CC(C)C. The first-order valence-corrected chi connectivity index (χ1v) is 8.72. The predicted molar refractivity (Wildman–Crippen MR) is 101 cm³/mol. The highest BCUT2D eigenvalue weighted by Crippen LogP contribution is 2.07. The number of carbonyl (C=O) groups excluding carboxylic acids is 2. The van der Waals surface area contributed by atoms with Gasteiger partial charge in [0.05, 0.1) is 0 Å². The van der Waals surface area contributed by atoms with Gasteiger partial charge in [-0.05, 0) is 17.4 Å². The molecule has 138 valence electrons. The molecule has 1 aromatic carbocycles. The van der Waals surface area contributed by atoms with Gasteiger partial charge in [-0.1, -0.05) is 58.0 Å². The summed E-state index contributed by atoms with van der Waals surface area (Å²) in [6.45, 7) is 8.51. The Balaban J connectivity index is 2.83. The van der Waals surface area contributed by atoms with Gasteiger partial charge in [0, 0.05) is 19.4 Å². The minimum absolute atomic E-state index is 0.0220. The highest BCUT2D eigenvalue weighted by molar-refractivity contribution is 5.97. The Labute approximate surface area is 150 Å². The Morgan fingerprint density at radius 2 is 1.72 bits per heavy atom. The molecule has 0 aliphatic carbocycles. The zero-order valence-corrected chi connectivity index (χ0v) is 15.6. The molecular formula is C19H30N4O2. The molecule has 2 amide bonds. The van der Waals surface area contributed by atoms with Gasteiger partial charge in [0.2, 0.25) is 11.8 Å². The number of hydrogen-bond acceptors (Lipinski definition) is 3. The van der Waals surface area contributed by atoms with Crippen LogP contribution in [0, 0.1) is 11.8 Å². The van der Waals surface area contributed by atoms with Crippen LogP contribution in [0.3, 0.4) is 0 Å². The third kappa shape index (κ3) is 8.88.